The maximum Gasteiger partial charge on any atom is 0.113 e. The molecule has 96 valence electrons. The van der Waals surface area contributed by atoms with Gasteiger partial charge in [-0.1, -0.05) is 22.9 Å². The predicted octanol–water partition coefficient (Wildman–Crippen LogP) is 3.64. The molecule has 18 heavy (non-hydrogen) atoms. The van der Waals surface area contributed by atoms with Crippen LogP contribution in [-0.4, -0.2) is 14.7 Å². The molecule has 0 spiro atoms. The quantitative estimate of drug-likeness (QED) is 0.936. The molecular formula is C14H17BrN2O. The summed E-state index contributed by atoms with van der Waals surface area (Å²) in [5, 5.41) is 9.89. The van der Waals surface area contributed by atoms with Gasteiger partial charge in [0.05, 0.1) is 11.8 Å². The van der Waals surface area contributed by atoms with E-state index in [0.717, 1.165) is 34.4 Å². The highest BCUT2D eigenvalue weighted by atomic mass is 79.9. The molecular weight excluding hydrogens is 292 g/mol. The van der Waals surface area contributed by atoms with Crippen molar-refractivity contribution in [3.8, 4) is 5.69 Å². The van der Waals surface area contributed by atoms with E-state index in [4.69, 9.17) is 0 Å². The van der Waals surface area contributed by atoms with Crippen LogP contribution in [0.5, 0.6) is 0 Å². The van der Waals surface area contributed by atoms with Gasteiger partial charge in [0.2, 0.25) is 0 Å². The average molecular weight is 309 g/mol. The number of aliphatic hydroxyl groups is 1. The maximum absolute atomic E-state index is 9.89. The molecule has 0 radical (unpaired) electrons. The second kappa shape index (κ2) is 5.67. The van der Waals surface area contributed by atoms with Crippen LogP contribution in [-0.2, 0) is 6.42 Å². The molecule has 2 aromatic rings. The van der Waals surface area contributed by atoms with Crippen molar-refractivity contribution in [1.82, 2.24) is 9.55 Å². The van der Waals surface area contributed by atoms with Crippen LogP contribution in [0.15, 0.2) is 35.1 Å². The molecule has 0 aliphatic heterocycles. The number of hydrogen-bond acceptors (Lipinski definition) is 2. The molecule has 1 aromatic heterocycles. The Labute approximate surface area is 116 Å². The number of hydrogen-bond donors (Lipinski definition) is 1. The van der Waals surface area contributed by atoms with Crippen molar-refractivity contribution in [2.75, 3.05) is 0 Å². The molecule has 1 N–H and O–H groups in total. The number of aromatic nitrogens is 2. The monoisotopic (exact) mass is 308 g/mol. The van der Waals surface area contributed by atoms with Crippen LogP contribution >= 0.6 is 15.9 Å². The molecule has 0 bridgehead atoms. The fourth-order valence-electron chi connectivity index (χ4n) is 2.04. The van der Waals surface area contributed by atoms with Crippen molar-refractivity contribution in [2.24, 2.45) is 0 Å². The molecule has 0 saturated heterocycles. The number of benzene rings is 1. The third-order valence-corrected chi connectivity index (χ3v) is 3.38. The summed E-state index contributed by atoms with van der Waals surface area (Å²) in [4.78, 5) is 4.37. The Bertz CT molecular complexity index is 534. The Balaban J connectivity index is 2.52. The van der Waals surface area contributed by atoms with Gasteiger partial charge < -0.3 is 9.67 Å². The lowest BCUT2D eigenvalue weighted by Crippen LogP contribution is -2.05. The summed E-state index contributed by atoms with van der Waals surface area (Å²) >= 11 is 3.44. The number of aliphatic hydroxyl groups excluding tert-OH is 1. The van der Waals surface area contributed by atoms with Crippen LogP contribution in [0, 0.1) is 0 Å². The van der Waals surface area contributed by atoms with Crippen LogP contribution in [0.2, 0.25) is 0 Å². The van der Waals surface area contributed by atoms with Crippen LogP contribution in [0.4, 0.5) is 0 Å². The lowest BCUT2D eigenvalue weighted by molar-refractivity contribution is 0.199. The molecule has 1 aromatic carbocycles. The number of aryl methyl sites for hydroxylation is 1. The number of imidazole rings is 1. The molecule has 1 unspecified atom stereocenters. The van der Waals surface area contributed by atoms with Gasteiger partial charge in [-0.15, -0.1) is 0 Å². The minimum absolute atomic E-state index is 0.505. The van der Waals surface area contributed by atoms with E-state index in [9.17, 15) is 5.11 Å². The topological polar surface area (TPSA) is 38.0 Å². The molecule has 0 saturated carbocycles. The minimum Gasteiger partial charge on any atom is -0.389 e. The number of rotatable bonds is 4. The highest BCUT2D eigenvalue weighted by Gasteiger charge is 2.12. The highest BCUT2D eigenvalue weighted by Crippen LogP contribution is 2.26. The van der Waals surface area contributed by atoms with Crippen molar-refractivity contribution in [3.05, 3.63) is 46.5 Å². The Morgan fingerprint density at radius 3 is 2.89 bits per heavy atom. The average Bonchev–Trinajstić information content (AvgIpc) is 2.77. The summed E-state index contributed by atoms with van der Waals surface area (Å²) < 4.78 is 3.03. The summed E-state index contributed by atoms with van der Waals surface area (Å²) in [6, 6.07) is 5.94. The Kier molecular flexibility index (Phi) is 4.19. The molecule has 4 heteroatoms. The van der Waals surface area contributed by atoms with E-state index < -0.39 is 6.10 Å². The zero-order valence-electron chi connectivity index (χ0n) is 10.6. The van der Waals surface area contributed by atoms with Gasteiger partial charge in [-0.2, -0.15) is 0 Å². The molecule has 1 heterocycles. The Morgan fingerprint density at radius 2 is 2.22 bits per heavy atom. The SMILES string of the molecule is CCCc1nccn1-c1ccc(Br)cc1C(C)O. The van der Waals surface area contributed by atoms with Crippen molar-refractivity contribution in [3.63, 3.8) is 0 Å². The van der Waals surface area contributed by atoms with E-state index in [1.807, 2.05) is 24.4 Å². The van der Waals surface area contributed by atoms with Gasteiger partial charge in [-0.25, -0.2) is 4.98 Å². The second-order valence-electron chi connectivity index (χ2n) is 4.34. The molecule has 0 amide bonds. The fraction of sp³-hybridized carbons (Fsp3) is 0.357. The standard InChI is InChI=1S/C14H17BrN2O/c1-3-4-14-16-7-8-17(14)13-6-5-11(15)9-12(13)10(2)18/h5-10,18H,3-4H2,1-2H3. The van der Waals surface area contributed by atoms with Gasteiger partial charge in [0.1, 0.15) is 5.82 Å². The van der Waals surface area contributed by atoms with E-state index in [1.54, 1.807) is 13.1 Å². The van der Waals surface area contributed by atoms with Gasteiger partial charge in [-0.3, -0.25) is 0 Å². The van der Waals surface area contributed by atoms with Gasteiger partial charge >= 0.3 is 0 Å². The van der Waals surface area contributed by atoms with E-state index in [0.29, 0.717) is 0 Å². The molecule has 0 aliphatic rings. The molecule has 3 nitrogen and oxygen atoms in total. The van der Waals surface area contributed by atoms with Crippen LogP contribution in [0.3, 0.4) is 0 Å². The normalized spacial score (nSPS) is 12.7. The molecule has 0 fully saturated rings. The summed E-state index contributed by atoms with van der Waals surface area (Å²) in [6.07, 6.45) is 5.23. The van der Waals surface area contributed by atoms with Crippen molar-refractivity contribution in [2.45, 2.75) is 32.8 Å². The molecule has 0 aliphatic carbocycles. The zero-order chi connectivity index (χ0) is 13.1. The minimum atomic E-state index is -0.505. The first-order valence-electron chi connectivity index (χ1n) is 6.13. The van der Waals surface area contributed by atoms with Gasteiger partial charge in [0, 0.05) is 28.9 Å². The summed E-state index contributed by atoms with van der Waals surface area (Å²) in [5.41, 5.74) is 1.90. The van der Waals surface area contributed by atoms with Crippen molar-refractivity contribution >= 4 is 15.9 Å². The summed E-state index contributed by atoms with van der Waals surface area (Å²) in [6.45, 7) is 3.91. The third kappa shape index (κ3) is 2.65. The highest BCUT2D eigenvalue weighted by molar-refractivity contribution is 9.10. The molecule has 1 atom stereocenters. The van der Waals surface area contributed by atoms with Gasteiger partial charge in [-0.05, 0) is 31.5 Å². The maximum atomic E-state index is 9.89. The van der Waals surface area contributed by atoms with Gasteiger partial charge in [0.25, 0.3) is 0 Å². The van der Waals surface area contributed by atoms with Crippen LogP contribution < -0.4 is 0 Å². The van der Waals surface area contributed by atoms with E-state index >= 15 is 0 Å². The van der Waals surface area contributed by atoms with Crippen LogP contribution in [0.1, 0.15) is 37.8 Å². The smallest absolute Gasteiger partial charge is 0.113 e. The number of halogens is 1. The first-order chi connectivity index (χ1) is 8.63. The van der Waals surface area contributed by atoms with E-state index in [-0.39, 0.29) is 0 Å². The fourth-order valence-corrected chi connectivity index (χ4v) is 2.42. The first-order valence-corrected chi connectivity index (χ1v) is 6.93. The second-order valence-corrected chi connectivity index (χ2v) is 5.26. The largest absolute Gasteiger partial charge is 0.389 e. The Hall–Kier alpha value is -1.13. The van der Waals surface area contributed by atoms with Crippen molar-refractivity contribution in [1.29, 1.82) is 0 Å². The first kappa shape index (κ1) is 13.3. The molecule has 2 rings (SSSR count). The zero-order valence-corrected chi connectivity index (χ0v) is 12.2. The van der Waals surface area contributed by atoms with Gasteiger partial charge in [0.15, 0.2) is 0 Å². The van der Waals surface area contributed by atoms with Crippen LogP contribution in [0.25, 0.3) is 5.69 Å². The lowest BCUT2D eigenvalue weighted by Gasteiger charge is -2.15. The van der Waals surface area contributed by atoms with E-state index in [1.165, 1.54) is 0 Å². The van der Waals surface area contributed by atoms with Crippen molar-refractivity contribution < 1.29 is 5.11 Å². The third-order valence-electron chi connectivity index (χ3n) is 2.89. The number of nitrogens with zero attached hydrogens (tertiary/aromatic N) is 2. The van der Waals surface area contributed by atoms with E-state index in [2.05, 4.69) is 32.4 Å². The lowest BCUT2D eigenvalue weighted by atomic mass is 10.1. The Morgan fingerprint density at radius 1 is 1.44 bits per heavy atom. The summed E-state index contributed by atoms with van der Waals surface area (Å²) in [5.74, 6) is 1.03. The summed E-state index contributed by atoms with van der Waals surface area (Å²) in [7, 11) is 0. The predicted molar refractivity (Wildman–Crippen MR) is 75.9 cm³/mol.